The highest BCUT2D eigenvalue weighted by molar-refractivity contribution is 6.60. The highest BCUT2D eigenvalue weighted by atomic mass is 28.4. The third kappa shape index (κ3) is 12.4. The van der Waals surface area contributed by atoms with Crippen LogP contribution >= 0.6 is 0 Å². The van der Waals surface area contributed by atoms with Gasteiger partial charge in [0.15, 0.2) is 0 Å². The average Bonchev–Trinajstić information content (AvgIpc) is 2.89. The molecule has 8 nitrogen and oxygen atoms in total. The Morgan fingerprint density at radius 2 is 1.03 bits per heavy atom. The maximum atomic E-state index is 5.92. The molecule has 0 heterocycles. The molecule has 10 heteroatoms. The Bertz CT molecular complexity index is 742. The quantitative estimate of drug-likeness (QED) is 0.174. The van der Waals surface area contributed by atoms with E-state index in [0.29, 0.717) is 38.5 Å². The second kappa shape index (κ2) is 18.8. The number of methoxy groups -OCH3 is 2. The lowest BCUT2D eigenvalue weighted by molar-refractivity contribution is -0.0112. The van der Waals surface area contributed by atoms with Crippen molar-refractivity contribution in [1.29, 1.82) is 0 Å². The van der Waals surface area contributed by atoms with Gasteiger partial charge in [0, 0.05) is 53.7 Å². The van der Waals surface area contributed by atoms with Crippen LogP contribution in [0.5, 0.6) is 0 Å². The first kappa shape index (κ1) is 31.6. The van der Waals surface area contributed by atoms with Gasteiger partial charge in [-0.25, -0.2) is 0 Å². The van der Waals surface area contributed by atoms with Gasteiger partial charge in [-0.15, -0.1) is 0 Å². The van der Waals surface area contributed by atoms with E-state index < -0.39 is 17.6 Å². The van der Waals surface area contributed by atoms with Crippen LogP contribution in [0, 0.1) is 0 Å². The van der Waals surface area contributed by atoms with Crippen LogP contribution in [0.4, 0.5) is 0 Å². The van der Waals surface area contributed by atoms with Gasteiger partial charge in [0.25, 0.3) is 0 Å². The predicted octanol–water partition coefficient (Wildman–Crippen LogP) is 4.06. The summed E-state index contributed by atoms with van der Waals surface area (Å²) in [7, 11) is 1.16. The van der Waals surface area contributed by atoms with E-state index in [0.717, 1.165) is 5.56 Å². The molecule has 0 fully saturated rings. The molecule has 0 N–H and O–H groups in total. The van der Waals surface area contributed by atoms with Crippen LogP contribution in [0.2, 0.25) is 0 Å². The largest absolute Gasteiger partial charge is 0.506 e. The molecule has 198 valence electrons. The number of rotatable bonds is 17. The molecule has 0 spiro atoms. The van der Waals surface area contributed by atoms with Crippen LogP contribution < -0.4 is 0 Å². The fourth-order valence-corrected chi connectivity index (χ4v) is 7.63. The molecule has 0 aromatic heterocycles. The molecule has 0 bridgehead atoms. The molecule has 0 aliphatic heterocycles. The summed E-state index contributed by atoms with van der Waals surface area (Å²) in [6.07, 6.45) is 0. The number of ether oxygens (including phenoxy) is 2. The first-order valence-electron chi connectivity index (χ1n) is 11.7. The van der Waals surface area contributed by atoms with Gasteiger partial charge in [-0.2, -0.15) is 0 Å². The third-order valence-corrected chi connectivity index (χ3v) is 10.5. The summed E-state index contributed by atoms with van der Waals surface area (Å²) < 4.78 is 43.9. The first-order valence-corrected chi connectivity index (χ1v) is 15.6. The van der Waals surface area contributed by atoms with Crippen molar-refractivity contribution in [3.05, 3.63) is 71.8 Å². The molecule has 0 saturated heterocycles. The number of benzene rings is 2. The standard InChI is InChI=1S/C14H24O4Si.C11H18O4Si/c1-4-16-19(17-5-2,18-12-11-15-3)13-14-9-7-6-8-10-14;1-12-10-15-16(13-2,14-3)9-11-7-5-4-6-8-11/h6-10H,4-5,11-13H2,1-3H3;4-8H,9-10H2,1-3H3. The Morgan fingerprint density at radius 1 is 0.543 bits per heavy atom. The molecule has 2 aromatic rings. The van der Waals surface area contributed by atoms with Crippen molar-refractivity contribution < 1.29 is 36.0 Å². The van der Waals surface area contributed by atoms with Crippen molar-refractivity contribution >= 4 is 17.6 Å². The SMILES string of the molecule is CCO[Si](Cc1ccccc1)(OCC)OCCOC.COCO[Si](Cc1ccccc1)(OC)OC. The van der Waals surface area contributed by atoms with E-state index in [4.69, 9.17) is 36.0 Å². The first-order chi connectivity index (χ1) is 17.0. The van der Waals surface area contributed by atoms with Crippen molar-refractivity contribution in [2.45, 2.75) is 25.9 Å². The highest BCUT2D eigenvalue weighted by Crippen LogP contribution is 2.17. The van der Waals surface area contributed by atoms with Crippen LogP contribution in [-0.4, -0.2) is 79.3 Å². The Hall–Kier alpha value is -1.45. The fraction of sp³-hybridized carbons (Fsp3) is 0.520. The molecular weight excluding hydrogens is 484 g/mol. The number of hydrogen-bond acceptors (Lipinski definition) is 8. The van der Waals surface area contributed by atoms with Gasteiger partial charge in [-0.1, -0.05) is 60.7 Å². The lowest BCUT2D eigenvalue weighted by atomic mass is 10.2. The normalized spacial score (nSPS) is 11.7. The number of hydrogen-bond donors (Lipinski definition) is 0. The minimum absolute atomic E-state index is 0.181. The van der Waals surface area contributed by atoms with E-state index >= 15 is 0 Å². The van der Waals surface area contributed by atoms with Crippen LogP contribution in [0.25, 0.3) is 0 Å². The van der Waals surface area contributed by atoms with Crippen LogP contribution in [0.3, 0.4) is 0 Å². The molecule has 0 atom stereocenters. The monoisotopic (exact) mass is 526 g/mol. The summed E-state index contributed by atoms with van der Waals surface area (Å²) in [6.45, 7) is 6.33. The zero-order chi connectivity index (χ0) is 25.8. The Labute approximate surface area is 213 Å². The minimum Gasteiger partial charge on any atom is -0.382 e. The maximum Gasteiger partial charge on any atom is 0.506 e. The van der Waals surface area contributed by atoms with Gasteiger partial charge in [-0.3, -0.25) is 0 Å². The summed E-state index contributed by atoms with van der Waals surface area (Å²) in [5.41, 5.74) is 2.31. The van der Waals surface area contributed by atoms with Gasteiger partial charge in [0.2, 0.25) is 0 Å². The summed E-state index contributed by atoms with van der Waals surface area (Å²) in [6, 6.07) is 21.5. The molecule has 2 rings (SSSR count). The van der Waals surface area contributed by atoms with Crippen LogP contribution in [0.1, 0.15) is 25.0 Å². The second-order valence-corrected chi connectivity index (χ2v) is 12.8. The second-order valence-electron chi connectivity index (χ2n) is 7.36. The topological polar surface area (TPSA) is 73.8 Å². The molecule has 0 unspecified atom stereocenters. The third-order valence-electron chi connectivity index (χ3n) is 4.88. The smallest absolute Gasteiger partial charge is 0.382 e. The Balaban J connectivity index is 0.000000355. The van der Waals surface area contributed by atoms with E-state index in [1.165, 1.54) is 5.56 Å². The van der Waals surface area contributed by atoms with Crippen molar-refractivity contribution in [1.82, 2.24) is 0 Å². The van der Waals surface area contributed by atoms with Crippen LogP contribution in [0.15, 0.2) is 60.7 Å². The minimum atomic E-state index is -2.65. The van der Waals surface area contributed by atoms with Gasteiger partial charge in [0.1, 0.15) is 6.79 Å². The zero-order valence-electron chi connectivity index (χ0n) is 22.0. The van der Waals surface area contributed by atoms with E-state index in [-0.39, 0.29) is 6.79 Å². The Kier molecular flexibility index (Phi) is 16.9. The van der Waals surface area contributed by atoms with Gasteiger partial charge < -0.3 is 36.0 Å². The maximum absolute atomic E-state index is 5.92. The predicted molar refractivity (Wildman–Crippen MR) is 140 cm³/mol. The average molecular weight is 527 g/mol. The van der Waals surface area contributed by atoms with E-state index in [1.54, 1.807) is 28.4 Å². The zero-order valence-corrected chi connectivity index (χ0v) is 24.0. The Morgan fingerprint density at radius 3 is 1.43 bits per heavy atom. The molecule has 2 aromatic carbocycles. The molecule has 0 amide bonds. The summed E-state index contributed by atoms with van der Waals surface area (Å²) in [5.74, 6) is 0. The molecule has 35 heavy (non-hydrogen) atoms. The highest BCUT2D eigenvalue weighted by Gasteiger charge is 2.41. The summed E-state index contributed by atoms with van der Waals surface area (Å²) >= 11 is 0. The molecule has 0 radical (unpaired) electrons. The summed E-state index contributed by atoms with van der Waals surface area (Å²) in [5, 5.41) is 0. The van der Waals surface area contributed by atoms with Crippen molar-refractivity contribution in [2.75, 3.05) is 61.7 Å². The van der Waals surface area contributed by atoms with Crippen molar-refractivity contribution in [2.24, 2.45) is 0 Å². The molecule has 0 aliphatic carbocycles. The van der Waals surface area contributed by atoms with Crippen LogP contribution in [-0.2, 0) is 48.1 Å². The molecular formula is C25H42O8Si2. The van der Waals surface area contributed by atoms with Gasteiger partial charge in [-0.05, 0) is 25.0 Å². The van der Waals surface area contributed by atoms with E-state index in [1.807, 2.05) is 62.4 Å². The van der Waals surface area contributed by atoms with Crippen molar-refractivity contribution in [3.63, 3.8) is 0 Å². The summed E-state index contributed by atoms with van der Waals surface area (Å²) in [4.78, 5) is 0. The van der Waals surface area contributed by atoms with Crippen molar-refractivity contribution in [3.8, 4) is 0 Å². The van der Waals surface area contributed by atoms with Gasteiger partial charge >= 0.3 is 17.6 Å². The van der Waals surface area contributed by atoms with Gasteiger partial charge in [0.05, 0.1) is 13.2 Å². The lowest BCUT2D eigenvalue weighted by Gasteiger charge is -2.29. The van der Waals surface area contributed by atoms with E-state index in [2.05, 4.69) is 12.1 Å². The van der Waals surface area contributed by atoms with E-state index in [9.17, 15) is 0 Å². The lowest BCUT2D eigenvalue weighted by Crippen LogP contribution is -2.49. The molecule has 0 aliphatic rings. The molecule has 0 saturated carbocycles. The fourth-order valence-electron chi connectivity index (χ4n) is 3.24.